The van der Waals surface area contributed by atoms with Crippen LogP contribution in [0.5, 0.6) is 0 Å². The van der Waals surface area contributed by atoms with E-state index >= 15 is 0 Å². The zero-order valence-electron chi connectivity index (χ0n) is 10.1. The van der Waals surface area contributed by atoms with Gasteiger partial charge in [0.25, 0.3) is 5.69 Å². The number of pyridine rings is 1. The number of hydrogen-bond donors (Lipinski definition) is 2. The predicted octanol–water partition coefficient (Wildman–Crippen LogP) is 1.38. The Labute approximate surface area is 114 Å². The molecule has 0 aliphatic carbocycles. The third kappa shape index (κ3) is 3.08. The molecule has 9 heteroatoms. The van der Waals surface area contributed by atoms with Gasteiger partial charge in [-0.2, -0.15) is 0 Å². The van der Waals surface area contributed by atoms with Gasteiger partial charge in [-0.3, -0.25) is 10.1 Å². The standard InChI is InChI=1S/C11H10N4O4S/c12-20(18,19)10-2-1-7-13-11(10)14-8-3-5-9(6-4-8)15(16)17/h1-7H,(H,13,14)(H2,12,18,19). The molecule has 0 saturated carbocycles. The number of nitrogens with one attached hydrogen (secondary N) is 1. The van der Waals surface area contributed by atoms with Crippen molar-refractivity contribution in [3.8, 4) is 0 Å². The molecule has 1 heterocycles. The van der Waals surface area contributed by atoms with Gasteiger partial charge in [0.1, 0.15) is 4.90 Å². The van der Waals surface area contributed by atoms with E-state index in [1.807, 2.05) is 0 Å². The molecule has 0 radical (unpaired) electrons. The molecule has 0 bridgehead atoms. The number of nitrogens with zero attached hydrogens (tertiary/aromatic N) is 2. The van der Waals surface area contributed by atoms with E-state index in [0.29, 0.717) is 5.69 Å². The van der Waals surface area contributed by atoms with Crippen LogP contribution in [0.3, 0.4) is 0 Å². The number of nitro groups is 1. The minimum absolute atomic E-state index is 0.0591. The molecule has 0 unspecified atom stereocenters. The van der Waals surface area contributed by atoms with Gasteiger partial charge in [-0.25, -0.2) is 18.5 Å². The monoisotopic (exact) mass is 294 g/mol. The predicted molar refractivity (Wildman–Crippen MR) is 72.0 cm³/mol. The van der Waals surface area contributed by atoms with Crippen molar-refractivity contribution < 1.29 is 13.3 Å². The summed E-state index contributed by atoms with van der Waals surface area (Å²) in [4.78, 5) is 13.7. The van der Waals surface area contributed by atoms with Gasteiger partial charge in [-0.15, -0.1) is 0 Å². The van der Waals surface area contributed by atoms with Crippen molar-refractivity contribution in [1.82, 2.24) is 4.98 Å². The van der Waals surface area contributed by atoms with Crippen LogP contribution in [0.2, 0.25) is 0 Å². The Morgan fingerprint density at radius 2 is 1.85 bits per heavy atom. The van der Waals surface area contributed by atoms with Crippen molar-refractivity contribution in [2.75, 3.05) is 5.32 Å². The smallest absolute Gasteiger partial charge is 0.269 e. The molecule has 0 aliphatic heterocycles. The Balaban J connectivity index is 2.33. The van der Waals surface area contributed by atoms with E-state index in [1.165, 1.54) is 42.6 Å². The molecule has 0 atom stereocenters. The first kappa shape index (κ1) is 13.9. The second-order valence-electron chi connectivity index (χ2n) is 3.82. The summed E-state index contributed by atoms with van der Waals surface area (Å²) in [6, 6.07) is 8.24. The summed E-state index contributed by atoms with van der Waals surface area (Å²) >= 11 is 0. The van der Waals surface area contributed by atoms with E-state index in [0.717, 1.165) is 0 Å². The Morgan fingerprint density at radius 1 is 1.20 bits per heavy atom. The molecule has 1 aromatic carbocycles. The van der Waals surface area contributed by atoms with Crippen molar-refractivity contribution in [2.45, 2.75) is 4.90 Å². The van der Waals surface area contributed by atoms with Crippen LogP contribution in [-0.4, -0.2) is 18.3 Å². The lowest BCUT2D eigenvalue weighted by atomic mass is 10.3. The fraction of sp³-hybridized carbons (Fsp3) is 0. The van der Waals surface area contributed by atoms with Crippen molar-refractivity contribution in [2.24, 2.45) is 5.14 Å². The van der Waals surface area contributed by atoms with Crippen molar-refractivity contribution in [3.05, 3.63) is 52.7 Å². The van der Waals surface area contributed by atoms with E-state index in [4.69, 9.17) is 5.14 Å². The third-order valence-corrected chi connectivity index (χ3v) is 3.36. The fourth-order valence-corrected chi connectivity index (χ4v) is 2.16. The van der Waals surface area contributed by atoms with Gasteiger partial charge in [0.2, 0.25) is 10.0 Å². The summed E-state index contributed by atoms with van der Waals surface area (Å²) in [5, 5.41) is 18.4. The molecule has 104 valence electrons. The molecule has 1 aromatic heterocycles. The molecule has 2 rings (SSSR count). The summed E-state index contributed by atoms with van der Waals surface area (Å²) in [6.45, 7) is 0. The molecule has 0 aliphatic rings. The van der Waals surface area contributed by atoms with E-state index in [2.05, 4.69) is 10.3 Å². The number of aromatic nitrogens is 1. The third-order valence-electron chi connectivity index (χ3n) is 2.42. The maximum atomic E-state index is 11.4. The zero-order valence-corrected chi connectivity index (χ0v) is 10.9. The van der Waals surface area contributed by atoms with Crippen LogP contribution < -0.4 is 10.5 Å². The topological polar surface area (TPSA) is 128 Å². The number of hydrogen-bond acceptors (Lipinski definition) is 6. The fourth-order valence-electron chi connectivity index (χ4n) is 1.52. The summed E-state index contributed by atoms with van der Waals surface area (Å²) in [6.07, 6.45) is 1.41. The van der Waals surface area contributed by atoms with E-state index in [1.54, 1.807) is 0 Å². The maximum absolute atomic E-state index is 11.4. The van der Waals surface area contributed by atoms with Crippen LogP contribution in [0.25, 0.3) is 0 Å². The Morgan fingerprint density at radius 3 is 2.40 bits per heavy atom. The number of benzene rings is 1. The quantitative estimate of drug-likeness (QED) is 0.647. The van der Waals surface area contributed by atoms with Crippen molar-refractivity contribution >= 4 is 27.2 Å². The lowest BCUT2D eigenvalue weighted by Gasteiger charge is -2.08. The van der Waals surface area contributed by atoms with Gasteiger partial charge < -0.3 is 5.32 Å². The number of anilines is 2. The van der Waals surface area contributed by atoms with E-state index < -0.39 is 14.9 Å². The van der Waals surface area contributed by atoms with E-state index in [-0.39, 0.29) is 16.4 Å². The molecule has 0 fully saturated rings. The van der Waals surface area contributed by atoms with Gasteiger partial charge >= 0.3 is 0 Å². The average Bonchev–Trinajstić information content (AvgIpc) is 2.38. The molecular weight excluding hydrogens is 284 g/mol. The molecule has 3 N–H and O–H groups in total. The first-order chi connectivity index (χ1) is 9.38. The Kier molecular flexibility index (Phi) is 3.63. The van der Waals surface area contributed by atoms with Gasteiger partial charge in [0.15, 0.2) is 5.82 Å². The number of nitro benzene ring substituents is 1. The number of primary sulfonamides is 1. The minimum atomic E-state index is -3.91. The van der Waals surface area contributed by atoms with Crippen molar-refractivity contribution in [3.63, 3.8) is 0 Å². The van der Waals surface area contributed by atoms with Crippen LogP contribution in [0.1, 0.15) is 0 Å². The second kappa shape index (κ2) is 5.23. The Hall–Kier alpha value is -2.52. The van der Waals surface area contributed by atoms with E-state index in [9.17, 15) is 18.5 Å². The molecule has 0 spiro atoms. The van der Waals surface area contributed by atoms with Crippen LogP contribution in [-0.2, 0) is 10.0 Å². The highest BCUT2D eigenvalue weighted by Crippen LogP contribution is 2.23. The summed E-state index contributed by atoms with van der Waals surface area (Å²) < 4.78 is 22.8. The maximum Gasteiger partial charge on any atom is 0.269 e. The van der Waals surface area contributed by atoms with Crippen LogP contribution >= 0.6 is 0 Å². The first-order valence-corrected chi connectivity index (χ1v) is 6.92. The number of nitrogens with two attached hydrogens (primary N) is 1. The molecule has 0 amide bonds. The number of rotatable bonds is 4. The molecular formula is C11H10N4O4S. The number of non-ortho nitro benzene ring substituents is 1. The summed E-state index contributed by atoms with van der Waals surface area (Å²) in [5.74, 6) is 0.0591. The first-order valence-electron chi connectivity index (χ1n) is 5.37. The van der Waals surface area contributed by atoms with Gasteiger partial charge in [-0.05, 0) is 24.3 Å². The second-order valence-corrected chi connectivity index (χ2v) is 5.35. The number of sulfonamides is 1. The van der Waals surface area contributed by atoms with Crippen molar-refractivity contribution in [1.29, 1.82) is 0 Å². The van der Waals surface area contributed by atoms with Gasteiger partial charge in [0, 0.05) is 24.0 Å². The van der Waals surface area contributed by atoms with Gasteiger partial charge in [-0.1, -0.05) is 0 Å². The highest BCUT2D eigenvalue weighted by Gasteiger charge is 2.15. The molecule has 2 aromatic rings. The minimum Gasteiger partial charge on any atom is -0.339 e. The van der Waals surface area contributed by atoms with Crippen LogP contribution in [0.4, 0.5) is 17.2 Å². The zero-order chi connectivity index (χ0) is 14.8. The SMILES string of the molecule is NS(=O)(=O)c1cccnc1Nc1ccc([N+](=O)[O-])cc1. The molecule has 20 heavy (non-hydrogen) atoms. The van der Waals surface area contributed by atoms with Gasteiger partial charge in [0.05, 0.1) is 4.92 Å². The van der Waals surface area contributed by atoms with Crippen LogP contribution in [0, 0.1) is 10.1 Å². The molecule has 0 saturated heterocycles. The largest absolute Gasteiger partial charge is 0.339 e. The summed E-state index contributed by atoms with van der Waals surface area (Å²) in [7, 11) is -3.91. The van der Waals surface area contributed by atoms with Crippen LogP contribution in [0.15, 0.2) is 47.5 Å². The highest BCUT2D eigenvalue weighted by molar-refractivity contribution is 7.89. The highest BCUT2D eigenvalue weighted by atomic mass is 32.2. The lowest BCUT2D eigenvalue weighted by molar-refractivity contribution is -0.384. The lowest BCUT2D eigenvalue weighted by Crippen LogP contribution is -2.14. The Bertz CT molecular complexity index is 743. The normalized spacial score (nSPS) is 11.1. The average molecular weight is 294 g/mol. The summed E-state index contributed by atoms with van der Waals surface area (Å²) in [5.41, 5.74) is 0.391. The molecule has 8 nitrogen and oxygen atoms in total.